The standard InChI is InChI=1S/C13H16BrN3O2/c1-8-7-9(14)4-5-10(8)13(18)17-6-2-3-11(17)12(15)16-19/h4-5,7,11,19H,2-3,6H2,1H3,(H2,15,16). The number of amidine groups is 1. The van der Waals surface area contributed by atoms with Gasteiger partial charge in [-0.25, -0.2) is 0 Å². The van der Waals surface area contributed by atoms with Crippen LogP contribution >= 0.6 is 15.9 Å². The number of halogens is 1. The number of likely N-dealkylation sites (tertiary alicyclic amines) is 1. The average molecular weight is 326 g/mol. The maximum Gasteiger partial charge on any atom is 0.254 e. The van der Waals surface area contributed by atoms with Gasteiger partial charge < -0.3 is 15.8 Å². The Morgan fingerprint density at radius 1 is 1.58 bits per heavy atom. The average Bonchev–Trinajstić information content (AvgIpc) is 2.86. The Morgan fingerprint density at radius 2 is 2.32 bits per heavy atom. The van der Waals surface area contributed by atoms with Crippen LogP contribution in [0.4, 0.5) is 0 Å². The topological polar surface area (TPSA) is 78.9 Å². The molecule has 1 aromatic carbocycles. The molecule has 1 aromatic rings. The lowest BCUT2D eigenvalue weighted by atomic mass is 10.1. The highest BCUT2D eigenvalue weighted by atomic mass is 79.9. The van der Waals surface area contributed by atoms with Crippen molar-refractivity contribution in [3.8, 4) is 0 Å². The Bertz CT molecular complexity index is 531. The fourth-order valence-corrected chi connectivity index (χ4v) is 2.88. The smallest absolute Gasteiger partial charge is 0.254 e. The third-order valence-electron chi connectivity index (χ3n) is 3.39. The first-order valence-electron chi connectivity index (χ1n) is 6.09. The molecule has 19 heavy (non-hydrogen) atoms. The molecular formula is C13H16BrN3O2. The number of aryl methyl sites for hydroxylation is 1. The van der Waals surface area contributed by atoms with E-state index in [1.807, 2.05) is 19.1 Å². The number of amides is 1. The summed E-state index contributed by atoms with van der Waals surface area (Å²) in [7, 11) is 0. The summed E-state index contributed by atoms with van der Waals surface area (Å²) in [6, 6.07) is 5.24. The van der Waals surface area contributed by atoms with E-state index in [2.05, 4.69) is 21.1 Å². The van der Waals surface area contributed by atoms with E-state index in [1.165, 1.54) is 0 Å². The molecule has 0 aromatic heterocycles. The van der Waals surface area contributed by atoms with Crippen LogP contribution in [0.3, 0.4) is 0 Å². The summed E-state index contributed by atoms with van der Waals surface area (Å²) < 4.78 is 0.941. The van der Waals surface area contributed by atoms with Gasteiger partial charge in [0.15, 0.2) is 5.84 Å². The van der Waals surface area contributed by atoms with Crippen molar-refractivity contribution in [1.29, 1.82) is 0 Å². The lowest BCUT2D eigenvalue weighted by Crippen LogP contribution is -2.44. The summed E-state index contributed by atoms with van der Waals surface area (Å²) in [5.74, 6) is 0.0275. The van der Waals surface area contributed by atoms with E-state index in [0.29, 0.717) is 12.1 Å². The molecule has 0 spiro atoms. The van der Waals surface area contributed by atoms with Crippen LogP contribution < -0.4 is 5.73 Å². The van der Waals surface area contributed by atoms with Gasteiger partial charge in [-0.1, -0.05) is 21.1 Å². The van der Waals surface area contributed by atoms with Gasteiger partial charge in [0.2, 0.25) is 0 Å². The van der Waals surface area contributed by atoms with Gasteiger partial charge in [0.25, 0.3) is 5.91 Å². The zero-order valence-electron chi connectivity index (χ0n) is 10.6. The number of oxime groups is 1. The molecule has 1 aliphatic rings. The highest BCUT2D eigenvalue weighted by Gasteiger charge is 2.32. The van der Waals surface area contributed by atoms with E-state index in [1.54, 1.807) is 11.0 Å². The summed E-state index contributed by atoms with van der Waals surface area (Å²) in [6.07, 6.45) is 1.60. The Balaban J connectivity index is 2.28. The zero-order valence-corrected chi connectivity index (χ0v) is 12.2. The van der Waals surface area contributed by atoms with E-state index >= 15 is 0 Å². The normalized spacial score (nSPS) is 19.8. The van der Waals surface area contributed by atoms with Crippen molar-refractivity contribution in [3.05, 3.63) is 33.8 Å². The number of carbonyl (C=O) groups excluding carboxylic acids is 1. The summed E-state index contributed by atoms with van der Waals surface area (Å²) in [5, 5.41) is 11.8. The summed E-state index contributed by atoms with van der Waals surface area (Å²) in [5.41, 5.74) is 7.21. The monoisotopic (exact) mass is 325 g/mol. The molecule has 6 heteroatoms. The number of carbonyl (C=O) groups is 1. The van der Waals surface area contributed by atoms with Crippen molar-refractivity contribution in [2.45, 2.75) is 25.8 Å². The minimum absolute atomic E-state index is 0.0703. The van der Waals surface area contributed by atoms with Crippen molar-refractivity contribution >= 4 is 27.7 Å². The lowest BCUT2D eigenvalue weighted by Gasteiger charge is -2.24. The summed E-state index contributed by atoms with van der Waals surface area (Å²) in [4.78, 5) is 14.2. The predicted octanol–water partition coefficient (Wildman–Crippen LogP) is 2.11. The van der Waals surface area contributed by atoms with Crippen molar-refractivity contribution in [3.63, 3.8) is 0 Å². The Labute approximate surface area is 120 Å². The SMILES string of the molecule is Cc1cc(Br)ccc1C(=O)N1CCCC1C(N)=NO. The first-order valence-corrected chi connectivity index (χ1v) is 6.88. The molecule has 0 radical (unpaired) electrons. The third kappa shape index (κ3) is 2.73. The zero-order chi connectivity index (χ0) is 14.0. The van der Waals surface area contributed by atoms with E-state index in [0.717, 1.165) is 22.9 Å². The van der Waals surface area contributed by atoms with Crippen LogP contribution in [0.5, 0.6) is 0 Å². The molecule has 2 rings (SSSR count). The molecule has 0 saturated carbocycles. The van der Waals surface area contributed by atoms with Gasteiger partial charge >= 0.3 is 0 Å². The van der Waals surface area contributed by atoms with Gasteiger partial charge in [0, 0.05) is 16.6 Å². The van der Waals surface area contributed by atoms with E-state index < -0.39 is 0 Å². The second kappa shape index (κ2) is 5.61. The van der Waals surface area contributed by atoms with Gasteiger partial charge in [-0.15, -0.1) is 0 Å². The van der Waals surface area contributed by atoms with Crippen LogP contribution in [0.25, 0.3) is 0 Å². The molecule has 1 atom stereocenters. The van der Waals surface area contributed by atoms with Gasteiger partial charge in [-0.05, 0) is 43.5 Å². The van der Waals surface area contributed by atoms with Crippen LogP contribution in [0.2, 0.25) is 0 Å². The van der Waals surface area contributed by atoms with Crippen LogP contribution in [0.15, 0.2) is 27.8 Å². The number of benzene rings is 1. The van der Waals surface area contributed by atoms with Gasteiger partial charge in [-0.3, -0.25) is 4.79 Å². The molecule has 1 aliphatic heterocycles. The third-order valence-corrected chi connectivity index (χ3v) is 3.88. The molecule has 0 bridgehead atoms. The number of hydrogen-bond donors (Lipinski definition) is 2. The number of hydrogen-bond acceptors (Lipinski definition) is 3. The molecule has 1 heterocycles. The molecule has 0 aliphatic carbocycles. The van der Waals surface area contributed by atoms with Crippen molar-refractivity contribution < 1.29 is 10.0 Å². The van der Waals surface area contributed by atoms with Gasteiger partial charge in [0.05, 0.1) is 6.04 Å². The van der Waals surface area contributed by atoms with E-state index in [4.69, 9.17) is 10.9 Å². The first kappa shape index (κ1) is 13.9. The fraction of sp³-hybridized carbons (Fsp3) is 0.385. The minimum atomic E-state index is -0.305. The molecule has 3 N–H and O–H groups in total. The minimum Gasteiger partial charge on any atom is -0.409 e. The second-order valence-electron chi connectivity index (χ2n) is 4.64. The van der Waals surface area contributed by atoms with Crippen LogP contribution in [-0.2, 0) is 0 Å². The maximum atomic E-state index is 12.5. The molecular weight excluding hydrogens is 310 g/mol. The lowest BCUT2D eigenvalue weighted by molar-refractivity contribution is 0.0767. The quantitative estimate of drug-likeness (QED) is 0.378. The largest absolute Gasteiger partial charge is 0.409 e. The Hall–Kier alpha value is -1.56. The van der Waals surface area contributed by atoms with Crippen molar-refractivity contribution in [2.75, 3.05) is 6.54 Å². The molecule has 102 valence electrons. The molecule has 1 fully saturated rings. The molecule has 5 nitrogen and oxygen atoms in total. The highest BCUT2D eigenvalue weighted by molar-refractivity contribution is 9.10. The van der Waals surface area contributed by atoms with E-state index in [-0.39, 0.29) is 17.8 Å². The number of nitrogens with two attached hydrogens (primary N) is 1. The summed E-state index contributed by atoms with van der Waals surface area (Å²) in [6.45, 7) is 2.53. The van der Waals surface area contributed by atoms with Crippen molar-refractivity contribution in [1.82, 2.24) is 4.90 Å². The molecule has 1 unspecified atom stereocenters. The number of rotatable bonds is 2. The predicted molar refractivity (Wildman–Crippen MR) is 76.3 cm³/mol. The van der Waals surface area contributed by atoms with Crippen LogP contribution in [-0.4, -0.2) is 34.4 Å². The van der Waals surface area contributed by atoms with Crippen LogP contribution in [0, 0.1) is 6.92 Å². The summed E-state index contributed by atoms with van der Waals surface area (Å²) >= 11 is 3.38. The number of nitrogens with zero attached hydrogens (tertiary/aromatic N) is 2. The Morgan fingerprint density at radius 3 is 2.95 bits per heavy atom. The molecule has 1 saturated heterocycles. The highest BCUT2D eigenvalue weighted by Crippen LogP contribution is 2.23. The first-order chi connectivity index (χ1) is 9.04. The van der Waals surface area contributed by atoms with Crippen LogP contribution in [0.1, 0.15) is 28.8 Å². The fourth-order valence-electron chi connectivity index (χ4n) is 2.41. The van der Waals surface area contributed by atoms with Gasteiger partial charge in [-0.2, -0.15) is 0 Å². The maximum absolute atomic E-state index is 12.5. The van der Waals surface area contributed by atoms with Gasteiger partial charge in [0.1, 0.15) is 0 Å². The molecule has 1 amide bonds. The second-order valence-corrected chi connectivity index (χ2v) is 5.56. The van der Waals surface area contributed by atoms with E-state index in [9.17, 15) is 4.79 Å². The Kier molecular flexibility index (Phi) is 4.09. The van der Waals surface area contributed by atoms with Crippen molar-refractivity contribution in [2.24, 2.45) is 10.9 Å².